The van der Waals surface area contributed by atoms with E-state index in [-0.39, 0.29) is 39.0 Å². The first-order valence-electron chi connectivity index (χ1n) is 11.2. The van der Waals surface area contributed by atoms with Gasteiger partial charge in [-0.05, 0) is 35.2 Å². The molecule has 194 valence electrons. The number of hydrogen-bond donors (Lipinski definition) is 3. The monoisotopic (exact) mass is 537 g/mol. The van der Waals surface area contributed by atoms with Gasteiger partial charge in [0.2, 0.25) is 10.0 Å². The normalized spacial score (nSPS) is 16.2. The zero-order chi connectivity index (χ0) is 26.5. The lowest BCUT2D eigenvalue weighted by molar-refractivity contribution is -0.148. The smallest absolute Gasteiger partial charge is 0.332 e. The van der Waals surface area contributed by atoms with Gasteiger partial charge in [-0.2, -0.15) is 4.31 Å². The predicted octanol–water partition coefficient (Wildman–Crippen LogP) is 0.974. The van der Waals surface area contributed by atoms with Crippen molar-refractivity contribution in [1.29, 1.82) is 0 Å². The van der Waals surface area contributed by atoms with Gasteiger partial charge in [0.1, 0.15) is 0 Å². The van der Waals surface area contributed by atoms with Crippen LogP contribution in [0.4, 0.5) is 0 Å². The van der Waals surface area contributed by atoms with Gasteiger partial charge in [-0.1, -0.05) is 48.0 Å². The van der Waals surface area contributed by atoms with E-state index in [0.29, 0.717) is 5.02 Å². The number of hydrogen-bond acceptors (Lipinski definition) is 6. The molecule has 1 heterocycles. The van der Waals surface area contributed by atoms with Crippen LogP contribution in [-0.2, 0) is 30.8 Å². The van der Waals surface area contributed by atoms with E-state index in [4.69, 9.17) is 16.7 Å². The van der Waals surface area contributed by atoms with Crippen molar-refractivity contribution in [2.75, 3.05) is 32.4 Å². The second kappa shape index (κ2) is 11.8. The summed E-state index contributed by atoms with van der Waals surface area (Å²) in [7, 11) is -3.39. The Kier molecular flexibility index (Phi) is 9.07. The molecule has 0 bridgehead atoms. The number of benzene rings is 2. The number of carbonyl (C=O) groups excluding carboxylic acids is 2. The third-order valence-corrected chi connectivity index (χ3v) is 7.45. The van der Waals surface area contributed by atoms with Gasteiger partial charge in [-0.15, -0.1) is 0 Å². The number of aliphatic hydroxyl groups excluding tert-OH is 1. The molecule has 36 heavy (non-hydrogen) atoms. The van der Waals surface area contributed by atoms with Crippen molar-refractivity contribution in [3.8, 4) is 11.1 Å². The number of piperazine rings is 1. The highest BCUT2D eigenvalue weighted by Crippen LogP contribution is 2.23. The number of carboxylic acid groups (broad SMARTS) is 1. The molecule has 3 rings (SSSR count). The maximum absolute atomic E-state index is 12.7. The molecule has 0 unspecified atom stereocenters. The number of rotatable bonds is 8. The van der Waals surface area contributed by atoms with E-state index >= 15 is 0 Å². The van der Waals surface area contributed by atoms with Crippen LogP contribution in [0.25, 0.3) is 11.1 Å². The molecular weight excluding hydrogens is 510 g/mol. The molecule has 2 amide bonds. The zero-order valence-corrected chi connectivity index (χ0v) is 21.2. The van der Waals surface area contributed by atoms with Crippen LogP contribution in [0.5, 0.6) is 0 Å². The summed E-state index contributed by atoms with van der Waals surface area (Å²) >= 11 is 6.05. The Bertz CT molecular complexity index is 1210. The minimum absolute atomic E-state index is 0.0622. The Morgan fingerprint density at radius 2 is 1.67 bits per heavy atom. The molecule has 2 atom stereocenters. The SMILES string of the molecule is CS(=O)(=O)N1CCN(C(=O)C(=O)N[C@H](Cc2ccc(-c3cccc(Cl)c3)cc2)C[C@@H](O)C(=O)O)CC1. The molecule has 1 aliphatic heterocycles. The molecule has 0 aliphatic carbocycles. The second-order valence-electron chi connectivity index (χ2n) is 8.63. The quantitative estimate of drug-likeness (QED) is 0.426. The summed E-state index contributed by atoms with van der Waals surface area (Å²) in [6, 6.07) is 13.9. The van der Waals surface area contributed by atoms with Gasteiger partial charge in [0.25, 0.3) is 0 Å². The van der Waals surface area contributed by atoms with Crippen molar-refractivity contribution >= 4 is 39.4 Å². The number of halogens is 1. The number of nitrogens with one attached hydrogen (secondary N) is 1. The number of sulfonamides is 1. The fourth-order valence-corrected chi connectivity index (χ4v) is 4.98. The highest BCUT2D eigenvalue weighted by molar-refractivity contribution is 7.88. The van der Waals surface area contributed by atoms with Crippen molar-refractivity contribution in [2.45, 2.75) is 25.0 Å². The van der Waals surface area contributed by atoms with Gasteiger partial charge in [0, 0.05) is 43.7 Å². The van der Waals surface area contributed by atoms with Crippen molar-refractivity contribution in [3.05, 3.63) is 59.1 Å². The summed E-state index contributed by atoms with van der Waals surface area (Å²) in [5.41, 5.74) is 2.59. The molecule has 1 fully saturated rings. The van der Waals surface area contributed by atoms with E-state index in [1.165, 1.54) is 9.21 Å². The molecule has 1 saturated heterocycles. The molecule has 1 aliphatic rings. The van der Waals surface area contributed by atoms with Gasteiger partial charge >= 0.3 is 17.8 Å². The van der Waals surface area contributed by atoms with E-state index in [0.717, 1.165) is 22.9 Å². The minimum atomic E-state index is -3.39. The molecule has 2 aromatic carbocycles. The van der Waals surface area contributed by atoms with E-state index in [1.54, 1.807) is 6.07 Å². The lowest BCUT2D eigenvalue weighted by Gasteiger charge is -2.33. The number of carbonyl (C=O) groups is 3. The highest BCUT2D eigenvalue weighted by atomic mass is 35.5. The fourth-order valence-electron chi connectivity index (χ4n) is 3.96. The zero-order valence-electron chi connectivity index (χ0n) is 19.6. The van der Waals surface area contributed by atoms with E-state index < -0.39 is 40.0 Å². The molecule has 0 aromatic heterocycles. The number of nitrogens with zero attached hydrogens (tertiary/aromatic N) is 2. The van der Waals surface area contributed by atoms with Crippen molar-refractivity contribution in [3.63, 3.8) is 0 Å². The Morgan fingerprint density at radius 1 is 1.03 bits per heavy atom. The van der Waals surface area contributed by atoms with Crippen LogP contribution in [0.15, 0.2) is 48.5 Å². The number of carboxylic acids is 1. The first-order valence-corrected chi connectivity index (χ1v) is 13.5. The summed E-state index contributed by atoms with van der Waals surface area (Å²) in [5, 5.41) is 22.1. The van der Waals surface area contributed by atoms with Gasteiger partial charge < -0.3 is 20.4 Å². The maximum Gasteiger partial charge on any atom is 0.332 e. The Morgan fingerprint density at radius 3 is 2.22 bits per heavy atom. The van der Waals surface area contributed by atoms with Gasteiger partial charge in [0.05, 0.1) is 6.26 Å². The van der Waals surface area contributed by atoms with Gasteiger partial charge in [-0.3, -0.25) is 9.59 Å². The van der Waals surface area contributed by atoms with Gasteiger partial charge in [-0.25, -0.2) is 13.2 Å². The number of amides is 2. The predicted molar refractivity (Wildman–Crippen MR) is 134 cm³/mol. The summed E-state index contributed by atoms with van der Waals surface area (Å²) in [5.74, 6) is -3.22. The molecule has 12 heteroatoms. The topological polar surface area (TPSA) is 144 Å². The van der Waals surface area contributed by atoms with Crippen LogP contribution in [-0.4, -0.2) is 90.2 Å². The summed E-state index contributed by atoms with van der Waals surface area (Å²) in [6.07, 6.45) is -0.765. The Balaban J connectivity index is 1.67. The first-order chi connectivity index (χ1) is 16.9. The van der Waals surface area contributed by atoms with Crippen LogP contribution >= 0.6 is 11.6 Å². The first kappa shape index (κ1) is 27.6. The van der Waals surface area contributed by atoms with Crippen LogP contribution in [0, 0.1) is 0 Å². The van der Waals surface area contributed by atoms with Crippen LogP contribution in [0.2, 0.25) is 5.02 Å². The second-order valence-corrected chi connectivity index (χ2v) is 11.0. The average Bonchev–Trinajstić information content (AvgIpc) is 2.83. The standard InChI is InChI=1S/C24H28ClN3O7S/c1-36(34,35)28-11-9-27(10-12-28)23(31)22(30)26-20(15-21(29)24(32)33)13-16-5-7-17(8-6-16)18-3-2-4-19(25)14-18/h2-8,14,20-21,29H,9-13,15H2,1H3,(H,26,30)(H,32,33)/t20-,21-/m1/s1. The lowest BCUT2D eigenvalue weighted by Crippen LogP contribution is -2.55. The average molecular weight is 538 g/mol. The fraction of sp³-hybridized carbons (Fsp3) is 0.375. The number of aliphatic carboxylic acids is 1. The molecular formula is C24H28ClN3O7S. The highest BCUT2D eigenvalue weighted by Gasteiger charge is 2.31. The molecule has 10 nitrogen and oxygen atoms in total. The van der Waals surface area contributed by atoms with Crippen molar-refractivity contribution in [2.24, 2.45) is 0 Å². The molecule has 0 radical (unpaired) electrons. The van der Waals surface area contributed by atoms with Crippen LogP contribution in [0.1, 0.15) is 12.0 Å². The lowest BCUT2D eigenvalue weighted by atomic mass is 9.97. The summed E-state index contributed by atoms with van der Waals surface area (Å²) < 4.78 is 24.5. The maximum atomic E-state index is 12.7. The Labute approximate surface area is 214 Å². The van der Waals surface area contributed by atoms with Gasteiger partial charge in [0.15, 0.2) is 6.10 Å². The third kappa shape index (κ3) is 7.50. The summed E-state index contributed by atoms with van der Waals surface area (Å²) in [6.45, 7) is 0.287. The van der Waals surface area contributed by atoms with Crippen molar-refractivity contribution in [1.82, 2.24) is 14.5 Å². The third-order valence-electron chi connectivity index (χ3n) is 5.91. The van der Waals surface area contributed by atoms with E-state index in [9.17, 15) is 27.9 Å². The minimum Gasteiger partial charge on any atom is -0.479 e. The molecule has 3 N–H and O–H groups in total. The van der Waals surface area contributed by atoms with E-state index in [1.807, 2.05) is 42.5 Å². The van der Waals surface area contributed by atoms with Crippen LogP contribution in [0.3, 0.4) is 0 Å². The Hall–Kier alpha value is -2.99. The molecule has 0 saturated carbocycles. The molecule has 2 aromatic rings. The largest absolute Gasteiger partial charge is 0.479 e. The van der Waals surface area contributed by atoms with E-state index in [2.05, 4.69) is 5.32 Å². The summed E-state index contributed by atoms with van der Waals surface area (Å²) in [4.78, 5) is 37.8. The molecule has 0 spiro atoms. The van der Waals surface area contributed by atoms with Crippen LogP contribution < -0.4 is 5.32 Å². The number of aliphatic hydroxyl groups is 1. The van der Waals surface area contributed by atoms with Crippen molar-refractivity contribution < 1.29 is 33.0 Å².